The molecule has 0 atom stereocenters. The molecule has 0 radical (unpaired) electrons. The highest BCUT2D eigenvalue weighted by molar-refractivity contribution is 6.24. The van der Waals surface area contributed by atoms with E-state index in [-0.39, 0.29) is 0 Å². The van der Waals surface area contributed by atoms with E-state index >= 15 is 0 Å². The van der Waals surface area contributed by atoms with Crippen LogP contribution < -0.4 is 0 Å². The molecule has 4 nitrogen and oxygen atoms in total. The molecule has 0 unspecified atom stereocenters. The summed E-state index contributed by atoms with van der Waals surface area (Å²) in [5, 5.41) is 4.71. The summed E-state index contributed by atoms with van der Waals surface area (Å²) >= 11 is 0. The lowest BCUT2D eigenvalue weighted by molar-refractivity contribution is 0.669. The van der Waals surface area contributed by atoms with E-state index in [2.05, 4.69) is 109 Å². The fourth-order valence-corrected chi connectivity index (χ4v) is 6.81. The van der Waals surface area contributed by atoms with Crippen LogP contribution in [-0.2, 0) is 0 Å². The molecule has 0 saturated carbocycles. The molecule has 0 fully saturated rings. The number of hydrogen-bond donors (Lipinski definition) is 0. The van der Waals surface area contributed by atoms with E-state index in [1.165, 1.54) is 21.9 Å². The van der Waals surface area contributed by atoms with Gasteiger partial charge in [-0.05, 0) is 74.0 Å². The minimum atomic E-state index is 0.705. The lowest BCUT2D eigenvalue weighted by atomic mass is 10.0. The van der Waals surface area contributed by atoms with Crippen molar-refractivity contribution in [3.8, 4) is 39.6 Å². The van der Waals surface area contributed by atoms with Crippen molar-refractivity contribution in [1.82, 2.24) is 14.5 Å². The Kier molecular flexibility index (Phi) is 5.90. The quantitative estimate of drug-likeness (QED) is 0.204. The number of fused-ring (bicyclic) bond motifs is 7. The molecule has 9 rings (SSSR count). The first-order chi connectivity index (χ1) is 22.6. The second-order valence-electron chi connectivity index (χ2n) is 12.0. The Labute approximate surface area is 266 Å². The second kappa shape index (κ2) is 10.3. The summed E-state index contributed by atoms with van der Waals surface area (Å²) in [5.74, 6) is 0.705. The lowest BCUT2D eigenvalue weighted by Crippen LogP contribution is -2.00. The molecule has 6 aromatic carbocycles. The molecule has 0 aliphatic carbocycles. The highest BCUT2D eigenvalue weighted by Crippen LogP contribution is 2.42. The highest BCUT2D eigenvalue weighted by Gasteiger charge is 2.20. The van der Waals surface area contributed by atoms with Gasteiger partial charge in [0.05, 0.1) is 27.8 Å². The number of furan rings is 1. The van der Waals surface area contributed by atoms with E-state index in [0.717, 1.165) is 66.8 Å². The molecule has 46 heavy (non-hydrogen) atoms. The van der Waals surface area contributed by atoms with Crippen molar-refractivity contribution < 1.29 is 4.42 Å². The number of benzene rings is 6. The SMILES string of the molecule is Cc1ccc2c(c1)c1ccc3oc4ccccc4c3c1n2-c1ccc(-c2nc(-c3ccccc3)cc(-c3ccccc3)n2)cc1C. The van der Waals surface area contributed by atoms with Gasteiger partial charge in [-0.2, -0.15) is 0 Å². The number of aromatic nitrogens is 3. The van der Waals surface area contributed by atoms with E-state index < -0.39 is 0 Å². The van der Waals surface area contributed by atoms with Crippen molar-refractivity contribution in [3.63, 3.8) is 0 Å². The largest absolute Gasteiger partial charge is 0.456 e. The standard InChI is InChI=1S/C42H29N3O/c1-26-17-20-37-33(23-26)31-19-22-39-40(32-15-9-10-16-38(32)46-39)41(31)45(37)36-21-18-30(24-27(36)2)42-43-34(28-11-5-3-6-12-28)25-35(44-42)29-13-7-4-8-14-29/h3-25H,1-2H3. The Balaban J connectivity index is 1.28. The molecule has 0 saturated heterocycles. The van der Waals surface area contributed by atoms with Gasteiger partial charge in [-0.3, -0.25) is 0 Å². The van der Waals surface area contributed by atoms with Crippen molar-refractivity contribution in [2.24, 2.45) is 0 Å². The zero-order valence-electron chi connectivity index (χ0n) is 25.5. The smallest absolute Gasteiger partial charge is 0.160 e. The molecular weight excluding hydrogens is 562 g/mol. The molecule has 4 heteroatoms. The van der Waals surface area contributed by atoms with Gasteiger partial charge in [0.15, 0.2) is 5.82 Å². The normalized spacial score (nSPS) is 11.7. The highest BCUT2D eigenvalue weighted by atomic mass is 16.3. The molecule has 0 aliphatic rings. The molecule has 218 valence electrons. The summed E-state index contributed by atoms with van der Waals surface area (Å²) in [7, 11) is 0. The Morgan fingerprint density at radius 3 is 1.93 bits per heavy atom. The van der Waals surface area contributed by atoms with Crippen molar-refractivity contribution >= 4 is 43.7 Å². The van der Waals surface area contributed by atoms with Crippen molar-refractivity contribution in [2.45, 2.75) is 13.8 Å². The van der Waals surface area contributed by atoms with Crippen LogP contribution >= 0.6 is 0 Å². The number of nitrogens with zero attached hydrogens (tertiary/aromatic N) is 3. The lowest BCUT2D eigenvalue weighted by Gasteiger charge is -2.14. The molecule has 9 aromatic rings. The van der Waals surface area contributed by atoms with Gasteiger partial charge in [-0.1, -0.05) is 90.5 Å². The summed E-state index contributed by atoms with van der Waals surface area (Å²) in [6.07, 6.45) is 0. The molecule has 0 aliphatic heterocycles. The molecular formula is C42H29N3O. The zero-order valence-corrected chi connectivity index (χ0v) is 25.5. The predicted molar refractivity (Wildman–Crippen MR) is 189 cm³/mol. The van der Waals surface area contributed by atoms with Gasteiger partial charge in [-0.15, -0.1) is 0 Å². The van der Waals surface area contributed by atoms with E-state index in [9.17, 15) is 0 Å². The third-order valence-electron chi connectivity index (χ3n) is 8.98. The average Bonchev–Trinajstić information content (AvgIpc) is 3.64. The summed E-state index contributed by atoms with van der Waals surface area (Å²) in [5.41, 5.74) is 12.5. The third-order valence-corrected chi connectivity index (χ3v) is 8.98. The molecule has 0 spiro atoms. The predicted octanol–water partition coefficient (Wildman–Crippen LogP) is 11.1. The number of rotatable bonds is 4. The Bertz CT molecular complexity index is 2540. The van der Waals surface area contributed by atoms with Gasteiger partial charge in [0, 0.05) is 38.5 Å². The van der Waals surface area contributed by atoms with Crippen LogP contribution in [0.3, 0.4) is 0 Å². The van der Waals surface area contributed by atoms with Gasteiger partial charge in [-0.25, -0.2) is 9.97 Å². The van der Waals surface area contributed by atoms with Crippen molar-refractivity contribution in [3.05, 3.63) is 151 Å². The summed E-state index contributed by atoms with van der Waals surface area (Å²) in [6.45, 7) is 4.33. The topological polar surface area (TPSA) is 43.9 Å². The van der Waals surface area contributed by atoms with E-state index in [0.29, 0.717) is 5.82 Å². The first kappa shape index (κ1) is 26.4. The van der Waals surface area contributed by atoms with Crippen LogP contribution in [0, 0.1) is 13.8 Å². The molecule has 3 heterocycles. The van der Waals surface area contributed by atoms with Gasteiger partial charge in [0.2, 0.25) is 0 Å². The Morgan fingerprint density at radius 1 is 0.522 bits per heavy atom. The first-order valence-electron chi connectivity index (χ1n) is 15.6. The maximum atomic E-state index is 6.34. The number of aryl methyl sites for hydroxylation is 2. The molecule has 0 amide bonds. The Hall–Kier alpha value is -6.00. The fraction of sp³-hybridized carbons (Fsp3) is 0.0476. The van der Waals surface area contributed by atoms with E-state index in [1.54, 1.807) is 0 Å². The van der Waals surface area contributed by atoms with Gasteiger partial charge >= 0.3 is 0 Å². The fourth-order valence-electron chi connectivity index (χ4n) is 6.81. The maximum absolute atomic E-state index is 6.34. The minimum absolute atomic E-state index is 0.705. The second-order valence-corrected chi connectivity index (χ2v) is 12.0. The number of para-hydroxylation sites is 1. The van der Waals surface area contributed by atoms with Crippen LogP contribution in [0.1, 0.15) is 11.1 Å². The summed E-state index contributed by atoms with van der Waals surface area (Å²) < 4.78 is 8.75. The van der Waals surface area contributed by atoms with Gasteiger partial charge in [0.25, 0.3) is 0 Å². The van der Waals surface area contributed by atoms with Crippen LogP contribution in [0.4, 0.5) is 0 Å². The number of hydrogen-bond acceptors (Lipinski definition) is 3. The monoisotopic (exact) mass is 591 g/mol. The Morgan fingerprint density at radius 2 is 1.22 bits per heavy atom. The van der Waals surface area contributed by atoms with Crippen LogP contribution in [0.15, 0.2) is 144 Å². The van der Waals surface area contributed by atoms with E-state index in [4.69, 9.17) is 14.4 Å². The van der Waals surface area contributed by atoms with Crippen LogP contribution in [0.25, 0.3) is 83.3 Å². The van der Waals surface area contributed by atoms with Gasteiger partial charge < -0.3 is 8.98 Å². The average molecular weight is 592 g/mol. The van der Waals surface area contributed by atoms with E-state index in [1.807, 2.05) is 48.5 Å². The van der Waals surface area contributed by atoms with Crippen LogP contribution in [-0.4, -0.2) is 14.5 Å². The summed E-state index contributed by atoms with van der Waals surface area (Å²) in [6, 6.07) is 48.7. The van der Waals surface area contributed by atoms with Crippen molar-refractivity contribution in [2.75, 3.05) is 0 Å². The van der Waals surface area contributed by atoms with Crippen LogP contribution in [0.2, 0.25) is 0 Å². The van der Waals surface area contributed by atoms with Gasteiger partial charge in [0.1, 0.15) is 11.2 Å². The maximum Gasteiger partial charge on any atom is 0.160 e. The molecule has 0 N–H and O–H groups in total. The van der Waals surface area contributed by atoms with Crippen molar-refractivity contribution in [1.29, 1.82) is 0 Å². The molecule has 0 bridgehead atoms. The van der Waals surface area contributed by atoms with Crippen LogP contribution in [0.5, 0.6) is 0 Å². The summed E-state index contributed by atoms with van der Waals surface area (Å²) in [4.78, 5) is 10.2. The molecule has 3 aromatic heterocycles. The first-order valence-corrected chi connectivity index (χ1v) is 15.6. The minimum Gasteiger partial charge on any atom is -0.456 e. The zero-order chi connectivity index (χ0) is 30.8. The third kappa shape index (κ3) is 4.15.